The summed E-state index contributed by atoms with van der Waals surface area (Å²) < 4.78 is 4.81. The van der Waals surface area contributed by atoms with Gasteiger partial charge in [0.1, 0.15) is 11.9 Å². The van der Waals surface area contributed by atoms with Gasteiger partial charge in [0.25, 0.3) is 5.91 Å². The lowest BCUT2D eigenvalue weighted by atomic mass is 10.00. The number of alkyl carbamates (subject to hydrolysis) is 1. The molecule has 2 heterocycles. The van der Waals surface area contributed by atoms with Crippen LogP contribution in [0.4, 0.5) is 4.79 Å². The Balaban J connectivity index is 1.28. The zero-order valence-electron chi connectivity index (χ0n) is 26.3. The number of likely N-dealkylation sites (tertiary alicyclic amines) is 1. The highest BCUT2D eigenvalue weighted by Gasteiger charge is 2.37. The number of methoxy groups -OCH3 is 1. The first-order valence-corrected chi connectivity index (χ1v) is 15.4. The maximum absolute atomic E-state index is 13.8. The molecule has 45 heavy (non-hydrogen) atoms. The van der Waals surface area contributed by atoms with Crippen LogP contribution >= 0.6 is 0 Å². The fourth-order valence-corrected chi connectivity index (χ4v) is 5.50. The first-order chi connectivity index (χ1) is 21.9. The molecule has 0 spiro atoms. The van der Waals surface area contributed by atoms with E-state index in [9.17, 15) is 9.59 Å². The number of imidazole rings is 1. The van der Waals surface area contributed by atoms with Gasteiger partial charge in [-0.3, -0.25) is 4.79 Å². The predicted molar refractivity (Wildman–Crippen MR) is 179 cm³/mol. The summed E-state index contributed by atoms with van der Waals surface area (Å²) in [6.45, 7) is 6.95. The van der Waals surface area contributed by atoms with E-state index in [1.807, 2.05) is 48.9 Å². The number of amides is 2. The van der Waals surface area contributed by atoms with Crippen molar-refractivity contribution in [1.29, 1.82) is 0 Å². The van der Waals surface area contributed by atoms with Crippen molar-refractivity contribution in [3.8, 4) is 22.4 Å². The summed E-state index contributed by atoms with van der Waals surface area (Å²) in [5.74, 6) is 0.548. The molecule has 8 nitrogen and oxygen atoms in total. The Morgan fingerprint density at radius 1 is 0.978 bits per heavy atom. The Hall–Kier alpha value is -5.11. The van der Waals surface area contributed by atoms with E-state index >= 15 is 0 Å². The topological polar surface area (TPSA) is 99.4 Å². The summed E-state index contributed by atoms with van der Waals surface area (Å²) in [6.07, 6.45) is 7.97. The van der Waals surface area contributed by atoms with Crippen molar-refractivity contribution in [3.05, 3.63) is 120 Å². The Kier molecular flexibility index (Phi) is 10.1. The van der Waals surface area contributed by atoms with Crippen molar-refractivity contribution in [2.45, 2.75) is 52.1 Å². The van der Waals surface area contributed by atoms with Crippen LogP contribution in [0.5, 0.6) is 0 Å². The lowest BCUT2D eigenvalue weighted by Gasteiger charge is -2.28. The van der Waals surface area contributed by atoms with E-state index < -0.39 is 12.1 Å². The van der Waals surface area contributed by atoms with Gasteiger partial charge in [-0.2, -0.15) is 0 Å². The van der Waals surface area contributed by atoms with Crippen LogP contribution in [0, 0.1) is 0 Å². The number of allylic oxidation sites excluding steroid dienone is 2. The molecule has 2 amide bonds. The van der Waals surface area contributed by atoms with Gasteiger partial charge >= 0.3 is 6.09 Å². The Morgan fingerprint density at radius 3 is 2.31 bits per heavy atom. The molecule has 8 heteroatoms. The summed E-state index contributed by atoms with van der Waals surface area (Å²) in [4.78, 5) is 35.9. The second-order valence-corrected chi connectivity index (χ2v) is 11.3. The van der Waals surface area contributed by atoms with E-state index in [-0.39, 0.29) is 11.9 Å². The molecular weight excluding hydrogens is 562 g/mol. The highest BCUT2D eigenvalue weighted by molar-refractivity contribution is 5.87. The predicted octanol–water partition coefficient (Wildman–Crippen LogP) is 7.77. The van der Waals surface area contributed by atoms with Crippen LogP contribution < -0.4 is 10.6 Å². The van der Waals surface area contributed by atoms with E-state index in [0.29, 0.717) is 12.1 Å². The maximum Gasteiger partial charge on any atom is 0.407 e. The van der Waals surface area contributed by atoms with Gasteiger partial charge in [0.2, 0.25) is 0 Å². The van der Waals surface area contributed by atoms with Gasteiger partial charge < -0.3 is 25.3 Å². The van der Waals surface area contributed by atoms with Crippen molar-refractivity contribution in [2.75, 3.05) is 13.7 Å². The van der Waals surface area contributed by atoms with Crippen LogP contribution in [0.1, 0.15) is 69.1 Å². The monoisotopic (exact) mass is 603 g/mol. The van der Waals surface area contributed by atoms with Gasteiger partial charge in [-0.05, 0) is 67.1 Å². The number of nitrogens with zero attached hydrogens (tertiary/aromatic N) is 2. The van der Waals surface area contributed by atoms with E-state index in [2.05, 4.69) is 84.9 Å². The molecular formula is C37H41N5O3. The third-order valence-electron chi connectivity index (χ3n) is 8.32. The second-order valence-electron chi connectivity index (χ2n) is 11.3. The fraction of sp³-hybridized carbons (Fsp3) is 0.270. The quantitative estimate of drug-likeness (QED) is 0.172. The molecule has 1 aromatic heterocycles. The first-order valence-electron chi connectivity index (χ1n) is 15.4. The summed E-state index contributed by atoms with van der Waals surface area (Å²) >= 11 is 0. The number of aromatic nitrogens is 2. The van der Waals surface area contributed by atoms with E-state index in [0.717, 1.165) is 47.5 Å². The summed E-state index contributed by atoms with van der Waals surface area (Å²) in [6, 6.07) is 25.1. The molecule has 1 saturated heterocycles. The lowest BCUT2D eigenvalue weighted by Crippen LogP contribution is -2.42. The summed E-state index contributed by atoms with van der Waals surface area (Å²) in [5.41, 5.74) is 8.43. The Labute approximate surface area is 265 Å². The molecule has 0 aliphatic carbocycles. The van der Waals surface area contributed by atoms with Gasteiger partial charge in [-0.1, -0.05) is 91.4 Å². The van der Waals surface area contributed by atoms with Crippen molar-refractivity contribution in [2.24, 2.45) is 0 Å². The number of H-pyrrole nitrogens is 1. The zero-order chi connectivity index (χ0) is 31.8. The lowest BCUT2D eigenvalue weighted by molar-refractivity contribution is -0.134. The first kappa shape index (κ1) is 31.3. The van der Waals surface area contributed by atoms with Gasteiger partial charge in [-0.25, -0.2) is 9.78 Å². The van der Waals surface area contributed by atoms with Gasteiger partial charge in [0.15, 0.2) is 0 Å². The molecule has 2 atom stereocenters. The largest absolute Gasteiger partial charge is 0.453 e. The molecule has 0 saturated carbocycles. The molecule has 1 aliphatic heterocycles. The van der Waals surface area contributed by atoms with Crippen LogP contribution in [0.15, 0.2) is 103 Å². The fourth-order valence-electron chi connectivity index (χ4n) is 5.50. The number of carbonyl (C=O) groups excluding carboxylic acids is 2. The van der Waals surface area contributed by atoms with E-state index in [1.165, 1.54) is 23.8 Å². The number of carbonyl (C=O) groups is 2. The number of hydrogen-bond acceptors (Lipinski definition) is 5. The average Bonchev–Trinajstić information content (AvgIpc) is 3.78. The molecule has 5 rings (SSSR count). The minimum atomic E-state index is -0.848. The van der Waals surface area contributed by atoms with Gasteiger partial charge in [0, 0.05) is 24.5 Å². The van der Waals surface area contributed by atoms with Gasteiger partial charge in [-0.15, -0.1) is 0 Å². The number of ether oxygens (including phenoxy) is 1. The highest BCUT2D eigenvalue weighted by atomic mass is 16.5. The van der Waals surface area contributed by atoms with Gasteiger partial charge in [0.05, 0.1) is 18.8 Å². The smallest absolute Gasteiger partial charge is 0.407 e. The van der Waals surface area contributed by atoms with Crippen LogP contribution in [0.2, 0.25) is 0 Å². The third kappa shape index (κ3) is 7.52. The van der Waals surface area contributed by atoms with E-state index in [4.69, 9.17) is 9.72 Å². The maximum atomic E-state index is 13.8. The zero-order valence-corrected chi connectivity index (χ0v) is 26.3. The van der Waals surface area contributed by atoms with Crippen LogP contribution in [-0.2, 0) is 9.53 Å². The normalized spacial score (nSPS) is 15.9. The number of aromatic amines is 1. The number of hydrogen-bond donors (Lipinski definition) is 3. The summed E-state index contributed by atoms with van der Waals surface area (Å²) in [5, 5.41) is 5.99. The molecule has 1 fully saturated rings. The molecule has 2 unspecified atom stereocenters. The van der Waals surface area contributed by atoms with Crippen molar-refractivity contribution in [3.63, 3.8) is 0 Å². The standard InChI is InChI=1S/C37H41N5O3/c1-5-25(2)22-38-23-26(3)27-13-15-28(16-14-27)29-17-19-30(20-18-29)32-24-39-35(40-32)33-12-9-21-42(33)36(43)34(41-37(44)45-4)31-10-7-6-8-11-31/h6-8,10-11,13-20,22-24,33-34,38H,5,9,12,21H2,1-4H3,(H,39,40)(H,41,44)/b25-22+,26-23+. The molecule has 3 aromatic carbocycles. The number of rotatable bonds is 10. The van der Waals surface area contributed by atoms with Crippen molar-refractivity contribution >= 4 is 17.6 Å². The Bertz CT molecular complexity index is 1660. The second kappa shape index (κ2) is 14.6. The van der Waals surface area contributed by atoms with E-state index in [1.54, 1.807) is 4.90 Å². The van der Waals surface area contributed by atoms with Crippen LogP contribution in [0.3, 0.4) is 0 Å². The molecule has 0 bridgehead atoms. The molecule has 4 aromatic rings. The van der Waals surface area contributed by atoms with Crippen molar-refractivity contribution in [1.82, 2.24) is 25.5 Å². The van der Waals surface area contributed by atoms with Crippen LogP contribution in [0.25, 0.3) is 28.0 Å². The van der Waals surface area contributed by atoms with Crippen molar-refractivity contribution < 1.29 is 14.3 Å². The minimum absolute atomic E-state index is 0.187. The number of benzene rings is 3. The van der Waals surface area contributed by atoms with Crippen LogP contribution in [-0.4, -0.2) is 40.5 Å². The highest BCUT2D eigenvalue weighted by Crippen LogP contribution is 2.34. The summed E-state index contributed by atoms with van der Waals surface area (Å²) in [7, 11) is 1.29. The SMILES string of the molecule is CC/C(C)=C/N/C=C(\C)c1ccc(-c2ccc(-c3c[nH]c(C4CCCN4C(=O)C(NC(=O)OC)c4ccccc4)n3)cc2)cc1. The minimum Gasteiger partial charge on any atom is -0.453 e. The molecule has 1 aliphatic rings. The Morgan fingerprint density at radius 2 is 1.64 bits per heavy atom. The molecule has 0 radical (unpaired) electrons. The molecule has 3 N–H and O–H groups in total. The molecule has 232 valence electrons. The average molecular weight is 604 g/mol. The third-order valence-corrected chi connectivity index (χ3v) is 8.32. The number of nitrogens with one attached hydrogen (secondary N) is 3.